The largest absolute Gasteiger partial charge is 0.435 e. The second kappa shape index (κ2) is 6.40. The molecule has 2 rings (SSSR count). The minimum absolute atomic E-state index is 0.0771. The van der Waals surface area contributed by atoms with Crippen molar-refractivity contribution < 1.29 is 13.5 Å². The van der Waals surface area contributed by atoms with E-state index in [1.54, 1.807) is 23.0 Å². The number of aromatic nitrogens is 3. The molecule has 1 atom stereocenters. The Bertz CT molecular complexity index is 560. The Morgan fingerprint density at radius 2 is 2.25 bits per heavy atom. The van der Waals surface area contributed by atoms with Crippen LogP contribution < -0.4 is 16.0 Å². The van der Waals surface area contributed by atoms with Crippen LogP contribution in [0.1, 0.15) is 24.2 Å². The molecule has 1 aromatic heterocycles. The number of hydrazine groups is 1. The molecule has 2 aromatic rings. The Hall–Kier alpha value is -2.06. The summed E-state index contributed by atoms with van der Waals surface area (Å²) in [5.41, 5.74) is 4.06. The fourth-order valence-electron chi connectivity index (χ4n) is 1.96. The molecule has 108 valence electrons. The van der Waals surface area contributed by atoms with E-state index >= 15 is 0 Å². The predicted octanol–water partition coefficient (Wildman–Crippen LogP) is 1.45. The number of nitrogens with zero attached hydrogens (tertiary/aromatic N) is 3. The van der Waals surface area contributed by atoms with Gasteiger partial charge in [0.1, 0.15) is 5.75 Å². The van der Waals surface area contributed by atoms with Crippen molar-refractivity contribution in [3.63, 3.8) is 0 Å². The maximum Gasteiger partial charge on any atom is 0.387 e. The predicted molar refractivity (Wildman–Crippen MR) is 67.9 cm³/mol. The molecule has 1 unspecified atom stereocenters. The number of rotatable bonds is 6. The van der Waals surface area contributed by atoms with Gasteiger partial charge in [-0.05, 0) is 24.6 Å². The lowest BCUT2D eigenvalue weighted by Gasteiger charge is -2.17. The van der Waals surface area contributed by atoms with Gasteiger partial charge in [0.15, 0.2) is 0 Å². The normalized spacial score (nSPS) is 12.7. The molecular weight excluding hydrogens is 268 g/mol. The fraction of sp³-hybridized carbons (Fsp3) is 0.333. The summed E-state index contributed by atoms with van der Waals surface area (Å²) in [6.45, 7) is -0.319. The minimum Gasteiger partial charge on any atom is -0.435 e. The average molecular weight is 283 g/mol. The highest BCUT2D eigenvalue weighted by atomic mass is 19.3. The van der Waals surface area contributed by atoms with Crippen LogP contribution >= 0.6 is 0 Å². The molecule has 0 bridgehead atoms. The summed E-state index contributed by atoms with van der Waals surface area (Å²) < 4.78 is 30.5. The molecule has 0 saturated heterocycles. The van der Waals surface area contributed by atoms with E-state index in [1.807, 2.05) is 6.92 Å². The summed E-state index contributed by atoms with van der Waals surface area (Å²) >= 11 is 0. The second-order valence-electron chi connectivity index (χ2n) is 4.03. The first-order chi connectivity index (χ1) is 9.65. The molecule has 0 aliphatic heterocycles. The van der Waals surface area contributed by atoms with Crippen molar-refractivity contribution in [2.75, 3.05) is 0 Å². The van der Waals surface area contributed by atoms with Crippen LogP contribution in [0, 0.1) is 0 Å². The first kappa shape index (κ1) is 14.4. The zero-order valence-electron chi connectivity index (χ0n) is 10.8. The van der Waals surface area contributed by atoms with Gasteiger partial charge in [0.25, 0.3) is 0 Å². The lowest BCUT2D eigenvalue weighted by molar-refractivity contribution is -0.0498. The number of aryl methyl sites for hydroxylation is 1. The third kappa shape index (κ3) is 3.09. The molecule has 8 heteroatoms. The van der Waals surface area contributed by atoms with Crippen LogP contribution in [-0.2, 0) is 6.54 Å². The Balaban J connectivity index is 2.32. The van der Waals surface area contributed by atoms with Gasteiger partial charge in [0.2, 0.25) is 0 Å². The van der Waals surface area contributed by atoms with Crippen LogP contribution in [0.15, 0.2) is 30.5 Å². The van der Waals surface area contributed by atoms with Crippen molar-refractivity contribution in [3.05, 3.63) is 41.7 Å². The van der Waals surface area contributed by atoms with E-state index in [1.165, 1.54) is 12.1 Å². The number of benzene rings is 1. The number of ether oxygens (including phenoxy) is 1. The van der Waals surface area contributed by atoms with Crippen LogP contribution in [-0.4, -0.2) is 21.6 Å². The summed E-state index contributed by atoms with van der Waals surface area (Å²) in [7, 11) is 0. The monoisotopic (exact) mass is 283 g/mol. The third-order valence-electron chi connectivity index (χ3n) is 2.83. The number of nitrogens with two attached hydrogens (primary N) is 1. The van der Waals surface area contributed by atoms with Crippen LogP contribution in [0.2, 0.25) is 0 Å². The van der Waals surface area contributed by atoms with Gasteiger partial charge in [-0.25, -0.2) is 10.1 Å². The molecule has 1 heterocycles. The van der Waals surface area contributed by atoms with Crippen LogP contribution in [0.4, 0.5) is 8.78 Å². The van der Waals surface area contributed by atoms with E-state index in [9.17, 15) is 8.78 Å². The molecule has 0 aliphatic rings. The van der Waals surface area contributed by atoms with E-state index in [0.717, 1.165) is 5.69 Å². The zero-order valence-corrected chi connectivity index (χ0v) is 10.8. The Morgan fingerprint density at radius 3 is 2.90 bits per heavy atom. The average Bonchev–Trinajstić information content (AvgIpc) is 2.87. The highest BCUT2D eigenvalue weighted by Gasteiger charge is 2.18. The van der Waals surface area contributed by atoms with E-state index in [0.29, 0.717) is 12.1 Å². The van der Waals surface area contributed by atoms with Crippen molar-refractivity contribution in [2.45, 2.75) is 26.1 Å². The van der Waals surface area contributed by atoms with Gasteiger partial charge in [-0.15, -0.1) is 5.10 Å². The quantitative estimate of drug-likeness (QED) is 0.620. The van der Waals surface area contributed by atoms with E-state index < -0.39 is 12.7 Å². The summed E-state index contributed by atoms with van der Waals surface area (Å²) in [6, 6.07) is 5.93. The van der Waals surface area contributed by atoms with Gasteiger partial charge in [0, 0.05) is 6.54 Å². The van der Waals surface area contributed by atoms with Crippen molar-refractivity contribution >= 4 is 0 Å². The summed E-state index contributed by atoms with van der Waals surface area (Å²) in [4.78, 5) is 0. The fourth-order valence-corrected chi connectivity index (χ4v) is 1.96. The molecule has 6 nitrogen and oxygen atoms in total. The third-order valence-corrected chi connectivity index (χ3v) is 2.83. The summed E-state index contributed by atoms with van der Waals surface area (Å²) in [5, 5.41) is 7.74. The SMILES string of the molecule is CCn1nncc1C(NN)c1cccc(OC(F)F)c1. The number of halogens is 2. The highest BCUT2D eigenvalue weighted by molar-refractivity contribution is 5.34. The molecule has 0 aliphatic carbocycles. The van der Waals surface area contributed by atoms with Gasteiger partial charge < -0.3 is 4.74 Å². The second-order valence-corrected chi connectivity index (χ2v) is 4.03. The van der Waals surface area contributed by atoms with Crippen molar-refractivity contribution in [2.24, 2.45) is 5.84 Å². The molecular formula is C12H15F2N5O. The van der Waals surface area contributed by atoms with Crippen LogP contribution in [0.3, 0.4) is 0 Å². The van der Waals surface area contributed by atoms with Crippen molar-refractivity contribution in [3.8, 4) is 5.75 Å². The van der Waals surface area contributed by atoms with E-state index in [2.05, 4.69) is 20.5 Å². The number of hydrogen-bond donors (Lipinski definition) is 2. The van der Waals surface area contributed by atoms with Gasteiger partial charge in [-0.3, -0.25) is 5.84 Å². The topological polar surface area (TPSA) is 78.0 Å². The standard InChI is InChI=1S/C12H15F2N5O/c1-2-19-10(7-16-18-19)11(17-15)8-4-3-5-9(6-8)20-12(13)14/h3-7,11-12,17H,2,15H2,1H3. The van der Waals surface area contributed by atoms with Gasteiger partial charge in [-0.1, -0.05) is 17.3 Å². The molecule has 3 N–H and O–H groups in total. The van der Waals surface area contributed by atoms with Crippen LogP contribution in [0.5, 0.6) is 5.75 Å². The van der Waals surface area contributed by atoms with Gasteiger partial charge >= 0.3 is 6.61 Å². The van der Waals surface area contributed by atoms with Gasteiger partial charge in [-0.2, -0.15) is 8.78 Å². The van der Waals surface area contributed by atoms with E-state index in [4.69, 9.17) is 5.84 Å². The first-order valence-electron chi connectivity index (χ1n) is 6.05. The maximum absolute atomic E-state index is 12.2. The number of alkyl halides is 2. The highest BCUT2D eigenvalue weighted by Crippen LogP contribution is 2.24. The molecule has 0 saturated carbocycles. The molecule has 0 amide bonds. The number of nitrogens with one attached hydrogen (secondary N) is 1. The van der Waals surface area contributed by atoms with Gasteiger partial charge in [0.05, 0.1) is 17.9 Å². The summed E-state index contributed by atoms with van der Waals surface area (Å²) in [5.74, 6) is 5.64. The van der Waals surface area contributed by atoms with E-state index in [-0.39, 0.29) is 5.75 Å². The Labute approximate surface area is 114 Å². The molecule has 1 aromatic carbocycles. The lowest BCUT2D eigenvalue weighted by Crippen LogP contribution is -2.30. The first-order valence-corrected chi connectivity index (χ1v) is 6.05. The summed E-state index contributed by atoms with van der Waals surface area (Å²) in [6.07, 6.45) is 1.58. The zero-order chi connectivity index (χ0) is 14.5. The van der Waals surface area contributed by atoms with Crippen molar-refractivity contribution in [1.82, 2.24) is 20.4 Å². The molecule has 0 fully saturated rings. The Morgan fingerprint density at radius 1 is 1.45 bits per heavy atom. The Kier molecular flexibility index (Phi) is 4.59. The molecule has 20 heavy (non-hydrogen) atoms. The number of hydrogen-bond acceptors (Lipinski definition) is 5. The minimum atomic E-state index is -2.86. The van der Waals surface area contributed by atoms with Crippen LogP contribution in [0.25, 0.3) is 0 Å². The maximum atomic E-state index is 12.2. The van der Waals surface area contributed by atoms with Crippen molar-refractivity contribution in [1.29, 1.82) is 0 Å². The smallest absolute Gasteiger partial charge is 0.387 e. The lowest BCUT2D eigenvalue weighted by atomic mass is 10.0. The molecule has 0 spiro atoms. The molecule has 0 radical (unpaired) electrons.